The number of halogens is 2. The Kier molecular flexibility index (Phi) is 2.18. The number of benzene rings is 1. The van der Waals surface area contributed by atoms with Crippen LogP contribution in [0.4, 0.5) is 4.39 Å². The maximum atomic E-state index is 13.0. The van der Waals surface area contributed by atoms with Gasteiger partial charge in [0.1, 0.15) is 11.6 Å². The molecule has 1 heterocycles. The van der Waals surface area contributed by atoms with E-state index in [1.807, 2.05) is 0 Å². The summed E-state index contributed by atoms with van der Waals surface area (Å²) in [5, 5.41) is 0. The summed E-state index contributed by atoms with van der Waals surface area (Å²) < 4.78 is 23.0. The summed E-state index contributed by atoms with van der Waals surface area (Å²) in [4.78, 5) is 0. The quantitative estimate of drug-likeness (QED) is 0.607. The molecule has 0 saturated carbocycles. The van der Waals surface area contributed by atoms with Gasteiger partial charge >= 0.3 is 7.73 Å². The topological polar surface area (TPSA) is 18.5 Å². The Morgan fingerprint density at radius 1 is 1.50 bits per heavy atom. The molecule has 12 heavy (non-hydrogen) atoms. The maximum absolute atomic E-state index is 13.0. The molecule has 0 aliphatic carbocycles. The molecule has 1 unspecified atom stereocenters. The summed E-state index contributed by atoms with van der Waals surface area (Å²) in [6, 6.07) is 4.63. The Bertz CT molecular complexity index is 307. The van der Waals surface area contributed by atoms with Gasteiger partial charge in [-0.2, -0.15) is 0 Å². The highest BCUT2D eigenvalue weighted by Crippen LogP contribution is 2.50. The first-order chi connectivity index (χ1) is 5.77. The van der Waals surface area contributed by atoms with E-state index in [-0.39, 0.29) is 12.4 Å². The molecule has 0 spiro atoms. The second kappa shape index (κ2) is 3.17. The van der Waals surface area contributed by atoms with Crippen LogP contribution in [0.3, 0.4) is 0 Å². The first-order valence-corrected chi connectivity index (χ1v) is 5.40. The minimum atomic E-state index is -1.39. The Hall–Kier alpha value is -0.370. The SMILES string of the molecule is Fc1cccc2c1COP(Cl)O2. The average Bonchev–Trinajstić information content (AvgIpc) is 2.04. The molecule has 1 aromatic rings. The zero-order valence-corrected chi connectivity index (χ0v) is 7.61. The van der Waals surface area contributed by atoms with Crippen LogP contribution in [-0.4, -0.2) is 0 Å². The molecule has 0 aromatic heterocycles. The normalized spacial score (nSPS) is 21.3. The summed E-state index contributed by atoms with van der Waals surface area (Å²) in [6.07, 6.45) is 0. The van der Waals surface area contributed by atoms with E-state index in [0.29, 0.717) is 11.3 Å². The van der Waals surface area contributed by atoms with E-state index >= 15 is 0 Å². The number of hydrogen-bond acceptors (Lipinski definition) is 2. The minimum absolute atomic E-state index is 0.192. The van der Waals surface area contributed by atoms with Gasteiger partial charge in [0.05, 0.1) is 12.2 Å². The van der Waals surface area contributed by atoms with Crippen molar-refractivity contribution in [1.29, 1.82) is 0 Å². The zero-order chi connectivity index (χ0) is 8.55. The van der Waals surface area contributed by atoms with E-state index in [4.69, 9.17) is 20.3 Å². The van der Waals surface area contributed by atoms with Gasteiger partial charge in [0.2, 0.25) is 0 Å². The largest absolute Gasteiger partial charge is 0.435 e. The van der Waals surface area contributed by atoms with Gasteiger partial charge in [0.25, 0.3) is 0 Å². The van der Waals surface area contributed by atoms with E-state index in [9.17, 15) is 4.39 Å². The Balaban J connectivity index is 2.42. The lowest BCUT2D eigenvalue weighted by molar-refractivity contribution is 0.280. The average molecular weight is 207 g/mol. The third kappa shape index (κ3) is 1.40. The van der Waals surface area contributed by atoms with Crippen molar-refractivity contribution >= 4 is 19.0 Å². The van der Waals surface area contributed by atoms with Crippen LogP contribution in [-0.2, 0) is 11.1 Å². The summed E-state index contributed by atoms with van der Waals surface area (Å²) in [6.45, 7) is 0.192. The number of rotatable bonds is 0. The Morgan fingerprint density at radius 3 is 3.17 bits per heavy atom. The first-order valence-electron chi connectivity index (χ1n) is 3.31. The molecule has 0 bridgehead atoms. The van der Waals surface area contributed by atoms with E-state index in [1.54, 1.807) is 12.1 Å². The molecule has 0 N–H and O–H groups in total. The highest BCUT2D eigenvalue weighted by molar-refractivity contribution is 7.76. The van der Waals surface area contributed by atoms with Crippen LogP contribution < -0.4 is 4.52 Å². The molecular formula is C7H5ClFO2P. The molecule has 5 heteroatoms. The number of hydrogen-bond donors (Lipinski definition) is 0. The van der Waals surface area contributed by atoms with Crippen molar-refractivity contribution in [3.8, 4) is 5.75 Å². The van der Waals surface area contributed by atoms with Crippen molar-refractivity contribution in [2.75, 3.05) is 0 Å². The number of fused-ring (bicyclic) bond motifs is 1. The van der Waals surface area contributed by atoms with Gasteiger partial charge in [-0.3, -0.25) is 0 Å². The van der Waals surface area contributed by atoms with E-state index in [1.165, 1.54) is 6.07 Å². The molecule has 1 aliphatic heterocycles. The van der Waals surface area contributed by atoms with Gasteiger partial charge in [-0.25, -0.2) is 4.39 Å². The van der Waals surface area contributed by atoms with E-state index in [2.05, 4.69) is 0 Å². The minimum Gasteiger partial charge on any atom is -0.435 e. The third-order valence-corrected chi connectivity index (χ3v) is 2.73. The molecule has 0 fully saturated rings. The molecule has 2 rings (SSSR count). The van der Waals surface area contributed by atoms with Gasteiger partial charge in [-0.1, -0.05) is 6.07 Å². The van der Waals surface area contributed by atoms with Crippen molar-refractivity contribution < 1.29 is 13.4 Å². The van der Waals surface area contributed by atoms with Crippen LogP contribution in [0.5, 0.6) is 5.75 Å². The molecular weight excluding hydrogens is 201 g/mol. The predicted molar refractivity (Wildman–Crippen MR) is 44.6 cm³/mol. The van der Waals surface area contributed by atoms with Crippen LogP contribution in [0.15, 0.2) is 18.2 Å². The van der Waals surface area contributed by atoms with Crippen molar-refractivity contribution in [2.45, 2.75) is 6.61 Å². The van der Waals surface area contributed by atoms with Crippen molar-refractivity contribution in [3.05, 3.63) is 29.6 Å². The van der Waals surface area contributed by atoms with Crippen LogP contribution in [0.25, 0.3) is 0 Å². The fraction of sp³-hybridized carbons (Fsp3) is 0.143. The standard InChI is InChI=1S/C7H5ClFO2P/c8-12-10-4-5-6(9)2-1-3-7(5)11-12/h1-3H,4H2. The Morgan fingerprint density at radius 2 is 2.33 bits per heavy atom. The van der Waals surface area contributed by atoms with Crippen molar-refractivity contribution in [2.24, 2.45) is 0 Å². The van der Waals surface area contributed by atoms with Crippen molar-refractivity contribution in [3.63, 3.8) is 0 Å². The highest BCUT2D eigenvalue weighted by Gasteiger charge is 2.21. The van der Waals surface area contributed by atoms with Crippen molar-refractivity contribution in [1.82, 2.24) is 0 Å². The second-order valence-corrected chi connectivity index (χ2v) is 3.99. The molecule has 1 atom stereocenters. The maximum Gasteiger partial charge on any atom is 0.338 e. The fourth-order valence-electron chi connectivity index (χ4n) is 0.983. The van der Waals surface area contributed by atoms with Gasteiger partial charge in [0.15, 0.2) is 0 Å². The fourth-order valence-corrected chi connectivity index (χ4v) is 1.96. The van der Waals surface area contributed by atoms with Crippen LogP contribution in [0, 0.1) is 5.82 Å². The summed E-state index contributed by atoms with van der Waals surface area (Å²) >= 11 is 5.59. The van der Waals surface area contributed by atoms with Gasteiger partial charge in [0, 0.05) is 0 Å². The summed E-state index contributed by atoms with van der Waals surface area (Å²) in [7, 11) is -1.39. The third-order valence-electron chi connectivity index (χ3n) is 1.56. The summed E-state index contributed by atoms with van der Waals surface area (Å²) in [5.41, 5.74) is 0.442. The van der Waals surface area contributed by atoms with Crippen LogP contribution >= 0.6 is 19.0 Å². The molecule has 1 aliphatic rings. The highest BCUT2D eigenvalue weighted by atomic mass is 35.7. The second-order valence-electron chi connectivity index (χ2n) is 2.29. The molecule has 0 radical (unpaired) electrons. The zero-order valence-electron chi connectivity index (χ0n) is 5.96. The smallest absolute Gasteiger partial charge is 0.338 e. The van der Waals surface area contributed by atoms with Crippen LogP contribution in [0.1, 0.15) is 5.56 Å². The molecule has 0 amide bonds. The monoisotopic (exact) mass is 206 g/mol. The lowest BCUT2D eigenvalue weighted by Gasteiger charge is -2.20. The van der Waals surface area contributed by atoms with E-state index in [0.717, 1.165) is 0 Å². The molecule has 1 aromatic carbocycles. The van der Waals surface area contributed by atoms with E-state index < -0.39 is 7.73 Å². The first kappa shape index (κ1) is 8.24. The van der Waals surface area contributed by atoms with Gasteiger partial charge < -0.3 is 9.05 Å². The van der Waals surface area contributed by atoms with Gasteiger partial charge in [-0.15, -0.1) is 0 Å². The molecule has 2 nitrogen and oxygen atoms in total. The molecule has 0 saturated heterocycles. The Labute approximate surface area is 75.0 Å². The van der Waals surface area contributed by atoms with Gasteiger partial charge in [-0.05, 0) is 23.4 Å². The predicted octanol–water partition coefficient (Wildman–Crippen LogP) is 3.20. The van der Waals surface area contributed by atoms with Crippen LogP contribution in [0.2, 0.25) is 0 Å². The lowest BCUT2D eigenvalue weighted by atomic mass is 10.2. The summed E-state index contributed by atoms with van der Waals surface area (Å²) in [5.74, 6) is 0.176. The molecule has 64 valence electrons. The lowest BCUT2D eigenvalue weighted by Crippen LogP contribution is -2.03.